The van der Waals surface area contributed by atoms with Gasteiger partial charge in [-0.1, -0.05) is 23.2 Å². The maximum Gasteiger partial charge on any atom is 0.321 e. The van der Waals surface area contributed by atoms with Gasteiger partial charge in [0.25, 0.3) is 0 Å². The zero-order chi connectivity index (χ0) is 16.9. The number of aromatic nitrogens is 2. The molecule has 3 rings (SSSR count). The summed E-state index contributed by atoms with van der Waals surface area (Å²) >= 11 is 13.2. The molecule has 2 amide bonds. The standard InChI is InChI=1S/C16H12Cl2N4OS/c17-12-5-10(6-13(18)7-12)8-20-15(23)22-16-21-14(9-24-16)11-1-3-19-4-2-11/h1-7,9H,8H2,(H2,20,21,22,23). The summed E-state index contributed by atoms with van der Waals surface area (Å²) in [6.07, 6.45) is 3.40. The van der Waals surface area contributed by atoms with Gasteiger partial charge in [0.05, 0.1) is 5.69 Å². The van der Waals surface area contributed by atoms with Crippen molar-refractivity contribution in [2.75, 3.05) is 5.32 Å². The fraction of sp³-hybridized carbons (Fsp3) is 0.0625. The molecule has 0 unspecified atom stereocenters. The Kier molecular flexibility index (Phi) is 5.30. The number of benzene rings is 1. The van der Waals surface area contributed by atoms with E-state index in [1.807, 2.05) is 17.5 Å². The molecule has 0 radical (unpaired) electrons. The fourth-order valence-electron chi connectivity index (χ4n) is 2.02. The number of urea groups is 1. The van der Waals surface area contributed by atoms with Crippen molar-refractivity contribution in [3.63, 3.8) is 0 Å². The number of thiazole rings is 1. The van der Waals surface area contributed by atoms with E-state index in [1.54, 1.807) is 30.6 Å². The van der Waals surface area contributed by atoms with Crippen LogP contribution in [0.15, 0.2) is 48.1 Å². The minimum absolute atomic E-state index is 0.314. The van der Waals surface area contributed by atoms with Gasteiger partial charge in [0, 0.05) is 39.9 Å². The molecule has 0 bridgehead atoms. The Bertz CT molecular complexity index is 834. The van der Waals surface area contributed by atoms with Crippen LogP contribution in [0.4, 0.5) is 9.93 Å². The van der Waals surface area contributed by atoms with Gasteiger partial charge in [-0.25, -0.2) is 9.78 Å². The lowest BCUT2D eigenvalue weighted by Crippen LogP contribution is -2.28. The highest BCUT2D eigenvalue weighted by Gasteiger charge is 2.08. The number of pyridine rings is 1. The number of nitrogens with zero attached hydrogens (tertiary/aromatic N) is 2. The lowest BCUT2D eigenvalue weighted by molar-refractivity contribution is 0.251. The topological polar surface area (TPSA) is 66.9 Å². The average Bonchev–Trinajstić information content (AvgIpc) is 3.01. The Balaban J connectivity index is 1.58. The van der Waals surface area contributed by atoms with Gasteiger partial charge in [-0.05, 0) is 35.9 Å². The van der Waals surface area contributed by atoms with E-state index in [1.165, 1.54) is 11.3 Å². The summed E-state index contributed by atoms with van der Waals surface area (Å²) in [6.45, 7) is 0.314. The van der Waals surface area contributed by atoms with Crippen molar-refractivity contribution in [2.24, 2.45) is 0 Å². The summed E-state index contributed by atoms with van der Waals surface area (Å²) in [5.41, 5.74) is 2.56. The summed E-state index contributed by atoms with van der Waals surface area (Å²) < 4.78 is 0. The van der Waals surface area contributed by atoms with Gasteiger partial charge in [-0.15, -0.1) is 11.3 Å². The summed E-state index contributed by atoms with van der Waals surface area (Å²) in [5.74, 6) is 0. The molecule has 122 valence electrons. The highest BCUT2D eigenvalue weighted by Crippen LogP contribution is 2.24. The van der Waals surface area contributed by atoms with Gasteiger partial charge in [0.1, 0.15) is 0 Å². The first kappa shape index (κ1) is 16.7. The van der Waals surface area contributed by atoms with E-state index in [-0.39, 0.29) is 6.03 Å². The van der Waals surface area contributed by atoms with Gasteiger partial charge in [-0.3, -0.25) is 10.3 Å². The number of nitrogens with one attached hydrogen (secondary N) is 2. The normalized spacial score (nSPS) is 10.4. The first-order valence-electron chi connectivity index (χ1n) is 6.96. The first-order chi connectivity index (χ1) is 11.6. The molecule has 2 aromatic heterocycles. The highest BCUT2D eigenvalue weighted by molar-refractivity contribution is 7.14. The number of hydrogen-bond donors (Lipinski definition) is 2. The van der Waals surface area contributed by atoms with Gasteiger partial charge in [0.2, 0.25) is 0 Å². The molecule has 2 heterocycles. The van der Waals surface area contributed by atoms with Crippen molar-refractivity contribution in [2.45, 2.75) is 6.54 Å². The molecule has 1 aromatic carbocycles. The van der Waals surface area contributed by atoms with Crippen molar-refractivity contribution in [1.29, 1.82) is 0 Å². The van der Waals surface area contributed by atoms with E-state index < -0.39 is 0 Å². The Hall–Kier alpha value is -2.15. The Labute approximate surface area is 152 Å². The van der Waals surface area contributed by atoms with Crippen LogP contribution in [0.5, 0.6) is 0 Å². The largest absolute Gasteiger partial charge is 0.334 e. The second kappa shape index (κ2) is 7.61. The van der Waals surface area contributed by atoms with Crippen molar-refractivity contribution in [3.8, 4) is 11.3 Å². The molecule has 0 saturated heterocycles. The third kappa shape index (κ3) is 4.44. The molecule has 0 aliphatic heterocycles. The minimum atomic E-state index is -0.346. The van der Waals surface area contributed by atoms with E-state index in [0.717, 1.165) is 16.8 Å². The van der Waals surface area contributed by atoms with Crippen molar-refractivity contribution in [1.82, 2.24) is 15.3 Å². The van der Waals surface area contributed by atoms with E-state index in [2.05, 4.69) is 20.6 Å². The monoisotopic (exact) mass is 378 g/mol. The molecule has 8 heteroatoms. The van der Waals surface area contributed by atoms with Crippen molar-refractivity contribution >= 4 is 45.7 Å². The van der Waals surface area contributed by atoms with Gasteiger partial charge in [0.15, 0.2) is 5.13 Å². The summed E-state index contributed by atoms with van der Waals surface area (Å²) in [4.78, 5) is 20.3. The third-order valence-corrected chi connectivity index (χ3v) is 4.27. The summed E-state index contributed by atoms with van der Waals surface area (Å²) in [7, 11) is 0. The summed E-state index contributed by atoms with van der Waals surface area (Å²) in [5, 5.41) is 8.90. The lowest BCUT2D eigenvalue weighted by atomic mass is 10.2. The van der Waals surface area contributed by atoms with E-state index in [0.29, 0.717) is 21.7 Å². The van der Waals surface area contributed by atoms with Crippen molar-refractivity contribution in [3.05, 3.63) is 63.7 Å². The molecule has 2 N–H and O–H groups in total. The Morgan fingerprint density at radius 1 is 1.12 bits per heavy atom. The fourth-order valence-corrected chi connectivity index (χ4v) is 3.31. The number of halogens is 2. The van der Waals surface area contributed by atoms with Gasteiger partial charge >= 0.3 is 6.03 Å². The Morgan fingerprint density at radius 2 is 1.83 bits per heavy atom. The molecule has 5 nitrogen and oxygen atoms in total. The molecule has 0 aliphatic rings. The van der Waals surface area contributed by atoms with Crippen LogP contribution in [0.25, 0.3) is 11.3 Å². The molecule has 0 aliphatic carbocycles. The number of carbonyl (C=O) groups excluding carboxylic acids is 1. The lowest BCUT2D eigenvalue weighted by Gasteiger charge is -2.06. The van der Waals surface area contributed by atoms with Gasteiger partial charge in [-0.2, -0.15) is 0 Å². The SMILES string of the molecule is O=C(NCc1cc(Cl)cc(Cl)c1)Nc1nc(-c2ccncc2)cs1. The van der Waals surface area contributed by atoms with Crippen LogP contribution in [-0.4, -0.2) is 16.0 Å². The van der Waals surface area contributed by atoms with Crippen LogP contribution in [0, 0.1) is 0 Å². The Morgan fingerprint density at radius 3 is 2.54 bits per heavy atom. The maximum absolute atomic E-state index is 12.0. The van der Waals surface area contributed by atoms with Crippen LogP contribution in [0.1, 0.15) is 5.56 Å². The highest BCUT2D eigenvalue weighted by atomic mass is 35.5. The van der Waals surface area contributed by atoms with Crippen molar-refractivity contribution < 1.29 is 4.79 Å². The first-order valence-corrected chi connectivity index (χ1v) is 8.59. The number of rotatable bonds is 4. The third-order valence-electron chi connectivity index (χ3n) is 3.08. The second-order valence-corrected chi connectivity index (χ2v) is 6.59. The van der Waals surface area contributed by atoms with E-state index in [4.69, 9.17) is 23.2 Å². The molecule has 0 saturated carbocycles. The zero-order valence-electron chi connectivity index (χ0n) is 12.3. The number of carbonyl (C=O) groups is 1. The number of hydrogen-bond acceptors (Lipinski definition) is 4. The second-order valence-electron chi connectivity index (χ2n) is 4.86. The van der Waals surface area contributed by atoms with Crippen LogP contribution in [0.2, 0.25) is 10.0 Å². The maximum atomic E-state index is 12.0. The molecular formula is C16H12Cl2N4OS. The molecule has 0 spiro atoms. The van der Waals surface area contributed by atoms with Gasteiger partial charge < -0.3 is 5.32 Å². The molecular weight excluding hydrogens is 367 g/mol. The minimum Gasteiger partial charge on any atom is -0.334 e. The molecule has 0 fully saturated rings. The zero-order valence-corrected chi connectivity index (χ0v) is 14.6. The van der Waals surface area contributed by atoms with Crippen LogP contribution >= 0.6 is 34.5 Å². The molecule has 0 atom stereocenters. The molecule has 24 heavy (non-hydrogen) atoms. The van der Waals surface area contributed by atoms with E-state index in [9.17, 15) is 4.79 Å². The van der Waals surface area contributed by atoms with Crippen LogP contribution < -0.4 is 10.6 Å². The summed E-state index contributed by atoms with van der Waals surface area (Å²) in [6, 6.07) is 8.52. The van der Waals surface area contributed by atoms with E-state index >= 15 is 0 Å². The molecule has 3 aromatic rings. The average molecular weight is 379 g/mol. The van der Waals surface area contributed by atoms with Crippen LogP contribution in [0.3, 0.4) is 0 Å². The number of amides is 2. The quantitative estimate of drug-likeness (QED) is 0.682. The predicted molar refractivity (Wildman–Crippen MR) is 97.7 cm³/mol. The smallest absolute Gasteiger partial charge is 0.321 e. The number of anilines is 1. The van der Waals surface area contributed by atoms with Crippen LogP contribution in [-0.2, 0) is 6.54 Å². The predicted octanol–water partition coefficient (Wildman–Crippen LogP) is 4.83.